The van der Waals surface area contributed by atoms with Crippen LogP contribution >= 0.6 is 34.8 Å². The van der Waals surface area contributed by atoms with Crippen molar-refractivity contribution in [1.82, 2.24) is 10.4 Å². The minimum absolute atomic E-state index is 0.179. The minimum Gasteiger partial charge on any atom is -0.493 e. The molecule has 0 bridgehead atoms. The molecule has 1 aliphatic rings. The van der Waals surface area contributed by atoms with Crippen molar-refractivity contribution in [3.63, 3.8) is 0 Å². The molecule has 0 saturated carbocycles. The topological polar surface area (TPSA) is 50.8 Å². The maximum absolute atomic E-state index is 12.8. The standard InChI is InChI=1S/C26H25Cl3N2O3/c1-33-24-15-18(26(32)30-31-13-3-2-4-14-31)7-12-23(24)34-25(17-5-8-19(27)9-6-17)21-11-10-20(28)16-22(21)29/h5-12,15-16,25H,2-4,13-14H2,1H3,(H,30,32). The highest BCUT2D eigenvalue weighted by Crippen LogP contribution is 2.38. The van der Waals surface area contributed by atoms with Gasteiger partial charge in [-0.25, -0.2) is 5.01 Å². The van der Waals surface area contributed by atoms with Crippen molar-refractivity contribution in [2.45, 2.75) is 25.4 Å². The Morgan fingerprint density at radius 3 is 2.26 bits per heavy atom. The van der Waals surface area contributed by atoms with E-state index in [1.165, 1.54) is 6.42 Å². The molecule has 8 heteroatoms. The zero-order valence-electron chi connectivity index (χ0n) is 18.7. The quantitative estimate of drug-likeness (QED) is 0.367. The number of hydrogen-bond donors (Lipinski definition) is 1. The Balaban J connectivity index is 1.62. The summed E-state index contributed by atoms with van der Waals surface area (Å²) in [6.07, 6.45) is 2.80. The van der Waals surface area contributed by atoms with Crippen LogP contribution in [-0.2, 0) is 0 Å². The van der Waals surface area contributed by atoms with Crippen LogP contribution < -0.4 is 14.9 Å². The van der Waals surface area contributed by atoms with Crippen molar-refractivity contribution >= 4 is 40.7 Å². The van der Waals surface area contributed by atoms with Gasteiger partial charge in [0, 0.05) is 39.3 Å². The van der Waals surface area contributed by atoms with Gasteiger partial charge in [0.05, 0.1) is 7.11 Å². The van der Waals surface area contributed by atoms with Crippen molar-refractivity contribution in [2.75, 3.05) is 20.2 Å². The van der Waals surface area contributed by atoms with Crippen LogP contribution in [0.15, 0.2) is 60.7 Å². The molecule has 3 aromatic rings. The smallest absolute Gasteiger partial charge is 0.265 e. The Kier molecular flexibility index (Phi) is 8.22. The molecule has 1 heterocycles. The number of nitrogens with zero attached hydrogens (tertiary/aromatic N) is 1. The highest BCUT2D eigenvalue weighted by atomic mass is 35.5. The lowest BCUT2D eigenvalue weighted by atomic mass is 10.0. The van der Waals surface area contributed by atoms with Crippen LogP contribution in [0.2, 0.25) is 15.1 Å². The number of ether oxygens (including phenoxy) is 2. The lowest BCUT2D eigenvalue weighted by Crippen LogP contribution is -2.45. The SMILES string of the molecule is COc1cc(C(=O)NN2CCCCC2)ccc1OC(c1ccc(Cl)cc1)c1ccc(Cl)cc1Cl. The van der Waals surface area contributed by atoms with Gasteiger partial charge in [-0.1, -0.05) is 59.4 Å². The summed E-state index contributed by atoms with van der Waals surface area (Å²) in [7, 11) is 1.54. The van der Waals surface area contributed by atoms with E-state index >= 15 is 0 Å². The Morgan fingerprint density at radius 1 is 0.882 bits per heavy atom. The first-order valence-corrected chi connectivity index (χ1v) is 12.2. The number of hydrogen-bond acceptors (Lipinski definition) is 4. The van der Waals surface area contributed by atoms with Gasteiger partial charge in [0.1, 0.15) is 0 Å². The van der Waals surface area contributed by atoms with Gasteiger partial charge in [-0.05, 0) is 60.9 Å². The second kappa shape index (κ2) is 11.3. The van der Waals surface area contributed by atoms with Crippen LogP contribution in [0.25, 0.3) is 0 Å². The monoisotopic (exact) mass is 518 g/mol. The van der Waals surface area contributed by atoms with E-state index in [0.717, 1.165) is 37.1 Å². The molecule has 4 rings (SSSR count). The number of nitrogens with one attached hydrogen (secondary N) is 1. The maximum Gasteiger partial charge on any atom is 0.265 e. The summed E-state index contributed by atoms with van der Waals surface area (Å²) >= 11 is 18.7. The first-order chi connectivity index (χ1) is 16.4. The summed E-state index contributed by atoms with van der Waals surface area (Å²) < 4.78 is 12.0. The molecule has 1 amide bonds. The fraction of sp³-hybridized carbons (Fsp3) is 0.269. The summed E-state index contributed by atoms with van der Waals surface area (Å²) in [6.45, 7) is 1.71. The summed E-state index contributed by atoms with van der Waals surface area (Å²) in [5, 5.41) is 3.59. The summed E-state index contributed by atoms with van der Waals surface area (Å²) in [4.78, 5) is 12.8. The van der Waals surface area contributed by atoms with Crippen molar-refractivity contribution < 1.29 is 14.3 Å². The highest BCUT2D eigenvalue weighted by molar-refractivity contribution is 6.35. The molecule has 1 atom stereocenters. The van der Waals surface area contributed by atoms with Gasteiger partial charge in [-0.15, -0.1) is 0 Å². The van der Waals surface area contributed by atoms with E-state index in [9.17, 15) is 4.79 Å². The van der Waals surface area contributed by atoms with E-state index in [2.05, 4.69) is 5.43 Å². The van der Waals surface area contributed by atoms with E-state index in [1.807, 2.05) is 23.2 Å². The fourth-order valence-electron chi connectivity index (χ4n) is 3.91. The van der Waals surface area contributed by atoms with Crippen LogP contribution in [-0.4, -0.2) is 31.1 Å². The molecule has 5 nitrogen and oxygen atoms in total. The Bertz CT molecular complexity index is 1150. The molecule has 0 spiro atoms. The Labute approximate surface area is 214 Å². The fourth-order valence-corrected chi connectivity index (χ4v) is 4.54. The Hall–Kier alpha value is -2.44. The molecule has 0 radical (unpaired) electrons. The predicted molar refractivity (Wildman–Crippen MR) is 136 cm³/mol. The summed E-state index contributed by atoms with van der Waals surface area (Å²) in [5.74, 6) is 0.736. The van der Waals surface area contributed by atoms with Crippen LogP contribution in [0.4, 0.5) is 0 Å². The molecular weight excluding hydrogens is 495 g/mol. The molecule has 1 aliphatic heterocycles. The van der Waals surface area contributed by atoms with Gasteiger partial charge in [0.15, 0.2) is 17.6 Å². The number of piperidine rings is 1. The maximum atomic E-state index is 12.8. The zero-order chi connectivity index (χ0) is 24.1. The van der Waals surface area contributed by atoms with Crippen LogP contribution in [0.5, 0.6) is 11.5 Å². The van der Waals surface area contributed by atoms with Gasteiger partial charge in [0.25, 0.3) is 5.91 Å². The molecule has 0 aromatic heterocycles. The van der Waals surface area contributed by atoms with Gasteiger partial charge in [0.2, 0.25) is 0 Å². The van der Waals surface area contributed by atoms with Crippen molar-refractivity contribution in [3.8, 4) is 11.5 Å². The largest absolute Gasteiger partial charge is 0.493 e. The molecule has 1 fully saturated rings. The van der Waals surface area contributed by atoms with Crippen molar-refractivity contribution in [3.05, 3.63) is 92.4 Å². The minimum atomic E-state index is -0.552. The molecule has 0 aliphatic carbocycles. The molecule has 34 heavy (non-hydrogen) atoms. The van der Waals surface area contributed by atoms with E-state index in [-0.39, 0.29) is 5.91 Å². The third-order valence-corrected chi connectivity index (χ3v) is 6.52. The van der Waals surface area contributed by atoms with Gasteiger partial charge >= 0.3 is 0 Å². The van der Waals surface area contributed by atoms with E-state index in [1.54, 1.807) is 49.6 Å². The number of carbonyl (C=O) groups is 1. The highest BCUT2D eigenvalue weighted by Gasteiger charge is 2.22. The van der Waals surface area contributed by atoms with Crippen molar-refractivity contribution in [1.29, 1.82) is 0 Å². The second-order valence-corrected chi connectivity index (χ2v) is 9.35. The number of amides is 1. The lowest BCUT2D eigenvalue weighted by Gasteiger charge is -2.27. The molecule has 3 aromatic carbocycles. The number of halogens is 3. The third-order valence-electron chi connectivity index (χ3n) is 5.70. The molecule has 1 saturated heterocycles. The molecule has 1 N–H and O–H groups in total. The number of benzene rings is 3. The lowest BCUT2D eigenvalue weighted by molar-refractivity contribution is 0.0749. The van der Waals surface area contributed by atoms with Gasteiger partial charge in [-0.2, -0.15) is 0 Å². The number of methoxy groups -OCH3 is 1. The Morgan fingerprint density at radius 2 is 1.59 bits per heavy atom. The average Bonchev–Trinajstić information content (AvgIpc) is 2.84. The van der Waals surface area contributed by atoms with E-state index in [4.69, 9.17) is 44.3 Å². The summed E-state index contributed by atoms with van der Waals surface area (Å²) in [5.41, 5.74) is 5.05. The van der Waals surface area contributed by atoms with Crippen LogP contribution in [0.3, 0.4) is 0 Å². The average molecular weight is 520 g/mol. The van der Waals surface area contributed by atoms with Crippen LogP contribution in [0.1, 0.15) is 46.9 Å². The first kappa shape index (κ1) is 24.7. The van der Waals surface area contributed by atoms with Gasteiger partial charge in [-0.3, -0.25) is 10.2 Å². The van der Waals surface area contributed by atoms with E-state index < -0.39 is 6.10 Å². The summed E-state index contributed by atoms with van der Waals surface area (Å²) in [6, 6.07) is 17.8. The van der Waals surface area contributed by atoms with Gasteiger partial charge < -0.3 is 9.47 Å². The first-order valence-electron chi connectivity index (χ1n) is 11.1. The predicted octanol–water partition coefficient (Wildman–Crippen LogP) is 6.95. The normalized spacial score (nSPS) is 14.9. The molecule has 178 valence electrons. The van der Waals surface area contributed by atoms with E-state index in [0.29, 0.717) is 32.1 Å². The van der Waals surface area contributed by atoms with Crippen molar-refractivity contribution in [2.24, 2.45) is 0 Å². The third kappa shape index (κ3) is 5.97. The van der Waals surface area contributed by atoms with Crippen LogP contribution in [0, 0.1) is 0 Å². The molecule has 1 unspecified atom stereocenters. The number of carbonyl (C=O) groups excluding carboxylic acids is 1. The zero-order valence-corrected chi connectivity index (χ0v) is 21.0. The number of rotatable bonds is 7. The second-order valence-electron chi connectivity index (χ2n) is 8.07. The number of hydrazine groups is 1. The molecular formula is C26H25Cl3N2O3.